The maximum absolute atomic E-state index is 12.6. The summed E-state index contributed by atoms with van der Waals surface area (Å²) in [5.41, 5.74) is 2.43. The van der Waals surface area contributed by atoms with Gasteiger partial charge in [0, 0.05) is 19.3 Å². The second-order valence-corrected chi connectivity index (χ2v) is 15.7. The van der Waals surface area contributed by atoms with E-state index in [0.717, 1.165) is 86.9 Å². The molecule has 0 heterocycles. The van der Waals surface area contributed by atoms with Gasteiger partial charge in [0.1, 0.15) is 6.10 Å². The van der Waals surface area contributed by atoms with Crippen LogP contribution in [0, 0.1) is 46.3 Å². The number of carboxylic acid groups (broad SMARTS) is 1. The molecule has 0 aromatic rings. The summed E-state index contributed by atoms with van der Waals surface area (Å²) in [4.78, 5) is 23.2. The molecule has 4 nitrogen and oxygen atoms in total. The Balaban J connectivity index is 1.24. The first-order chi connectivity index (χ1) is 19.5. The number of allylic oxidation sites excluding steroid dienone is 1. The van der Waals surface area contributed by atoms with Gasteiger partial charge in [0.2, 0.25) is 0 Å². The molecular formula is C37H62O4. The van der Waals surface area contributed by atoms with Crippen molar-refractivity contribution in [3.63, 3.8) is 0 Å². The summed E-state index contributed by atoms with van der Waals surface area (Å²) in [7, 11) is 0. The number of ether oxygens (including phenoxy) is 1. The van der Waals surface area contributed by atoms with Crippen LogP contribution in [-0.4, -0.2) is 23.1 Å². The molecule has 234 valence electrons. The van der Waals surface area contributed by atoms with Crippen LogP contribution in [-0.2, 0) is 14.3 Å². The molecule has 4 rings (SSSR count). The summed E-state index contributed by atoms with van der Waals surface area (Å²) in [6.07, 6.45) is 23.5. The van der Waals surface area contributed by atoms with E-state index in [4.69, 9.17) is 9.84 Å². The van der Waals surface area contributed by atoms with E-state index in [-0.39, 0.29) is 18.5 Å². The van der Waals surface area contributed by atoms with Gasteiger partial charge in [-0.25, -0.2) is 0 Å². The Hall–Kier alpha value is -1.32. The number of esters is 1. The van der Waals surface area contributed by atoms with E-state index >= 15 is 0 Å². The predicted molar refractivity (Wildman–Crippen MR) is 167 cm³/mol. The van der Waals surface area contributed by atoms with Gasteiger partial charge in [0.25, 0.3) is 0 Å². The van der Waals surface area contributed by atoms with Crippen LogP contribution in [0.3, 0.4) is 0 Å². The minimum atomic E-state index is -0.707. The molecule has 0 bridgehead atoms. The zero-order valence-corrected chi connectivity index (χ0v) is 27.2. The number of carbonyl (C=O) groups excluding carboxylic acids is 1. The van der Waals surface area contributed by atoms with Crippen molar-refractivity contribution in [2.75, 3.05) is 0 Å². The number of unbranched alkanes of at least 4 members (excludes halogenated alkanes) is 5. The van der Waals surface area contributed by atoms with Gasteiger partial charge in [-0.15, -0.1) is 0 Å². The van der Waals surface area contributed by atoms with Crippen LogP contribution in [0.1, 0.15) is 157 Å². The molecule has 0 aliphatic heterocycles. The highest BCUT2D eigenvalue weighted by Crippen LogP contribution is 2.67. The van der Waals surface area contributed by atoms with Gasteiger partial charge >= 0.3 is 11.9 Å². The van der Waals surface area contributed by atoms with Crippen LogP contribution >= 0.6 is 0 Å². The highest BCUT2D eigenvalue weighted by Gasteiger charge is 2.59. The van der Waals surface area contributed by atoms with Crippen LogP contribution < -0.4 is 0 Å². The summed E-state index contributed by atoms with van der Waals surface area (Å²) in [5.74, 6) is 4.41. The molecular weight excluding hydrogens is 508 g/mol. The van der Waals surface area contributed by atoms with E-state index in [2.05, 4.69) is 40.7 Å². The zero-order chi connectivity index (χ0) is 29.6. The zero-order valence-electron chi connectivity index (χ0n) is 27.2. The summed E-state index contributed by atoms with van der Waals surface area (Å²) in [6, 6.07) is 0. The first-order valence-corrected chi connectivity index (χ1v) is 17.7. The van der Waals surface area contributed by atoms with Crippen molar-refractivity contribution in [3.8, 4) is 0 Å². The number of aliphatic carboxylic acids is 1. The van der Waals surface area contributed by atoms with E-state index in [1.54, 1.807) is 5.57 Å². The minimum absolute atomic E-state index is 0.0216. The molecule has 3 saturated carbocycles. The molecule has 0 unspecified atom stereocenters. The van der Waals surface area contributed by atoms with Gasteiger partial charge in [0.15, 0.2) is 0 Å². The highest BCUT2D eigenvalue weighted by atomic mass is 16.5. The van der Waals surface area contributed by atoms with Crippen molar-refractivity contribution in [1.82, 2.24) is 0 Å². The molecule has 4 heteroatoms. The highest BCUT2D eigenvalue weighted by molar-refractivity contribution is 5.69. The third-order valence-corrected chi connectivity index (χ3v) is 12.6. The van der Waals surface area contributed by atoms with Gasteiger partial charge < -0.3 is 9.84 Å². The third kappa shape index (κ3) is 7.80. The standard InChI is InChI=1S/C37H62O4/c1-26(2)13-12-14-27(3)31-19-20-32-30-18-17-28-25-29(21-23-36(28,4)33(30)22-24-37(31,32)5)41-35(40)16-11-9-7-6-8-10-15-34(38)39/h17,26-27,29-33H,6-16,18-25H2,1-5H3,(H,38,39)/t27-,29+,30+,31-,32+,33+,36+,37-/m1/s1. The normalized spacial score (nSPS) is 35.3. The Labute approximate surface area is 251 Å². The summed E-state index contributed by atoms with van der Waals surface area (Å²) < 4.78 is 6.02. The average Bonchev–Trinajstić information content (AvgIpc) is 3.27. The van der Waals surface area contributed by atoms with Crippen molar-refractivity contribution in [3.05, 3.63) is 11.6 Å². The Morgan fingerprint density at radius 3 is 2.29 bits per heavy atom. The lowest BCUT2D eigenvalue weighted by molar-refractivity contribution is -0.151. The lowest BCUT2D eigenvalue weighted by atomic mass is 9.47. The fourth-order valence-electron chi connectivity index (χ4n) is 10.3. The monoisotopic (exact) mass is 570 g/mol. The molecule has 3 fully saturated rings. The van der Waals surface area contributed by atoms with E-state index in [0.29, 0.717) is 17.3 Å². The molecule has 41 heavy (non-hydrogen) atoms. The van der Waals surface area contributed by atoms with E-state index in [9.17, 15) is 9.59 Å². The Morgan fingerprint density at radius 2 is 1.59 bits per heavy atom. The summed E-state index contributed by atoms with van der Waals surface area (Å²) in [5, 5.41) is 8.73. The first kappa shape index (κ1) is 32.6. The summed E-state index contributed by atoms with van der Waals surface area (Å²) >= 11 is 0. The van der Waals surface area contributed by atoms with Gasteiger partial charge in [0.05, 0.1) is 0 Å². The van der Waals surface area contributed by atoms with Crippen LogP contribution in [0.15, 0.2) is 11.6 Å². The number of carboxylic acids is 1. The quantitative estimate of drug-likeness (QED) is 0.121. The number of hydrogen-bond acceptors (Lipinski definition) is 3. The fourth-order valence-corrected chi connectivity index (χ4v) is 10.3. The Morgan fingerprint density at radius 1 is 0.878 bits per heavy atom. The lowest BCUT2D eigenvalue weighted by Gasteiger charge is -2.58. The smallest absolute Gasteiger partial charge is 0.306 e. The molecule has 4 aliphatic carbocycles. The van der Waals surface area contributed by atoms with Crippen molar-refractivity contribution >= 4 is 11.9 Å². The van der Waals surface area contributed by atoms with Crippen LogP contribution in [0.5, 0.6) is 0 Å². The van der Waals surface area contributed by atoms with Gasteiger partial charge in [-0.2, -0.15) is 0 Å². The van der Waals surface area contributed by atoms with Crippen molar-refractivity contribution in [2.24, 2.45) is 46.3 Å². The van der Waals surface area contributed by atoms with E-state index in [1.165, 1.54) is 57.8 Å². The maximum atomic E-state index is 12.6. The average molecular weight is 571 g/mol. The Bertz CT molecular complexity index is 907. The molecule has 0 amide bonds. The minimum Gasteiger partial charge on any atom is -0.481 e. The van der Waals surface area contributed by atoms with Gasteiger partial charge in [-0.3, -0.25) is 9.59 Å². The molecule has 0 radical (unpaired) electrons. The fraction of sp³-hybridized carbons (Fsp3) is 0.892. The number of hydrogen-bond donors (Lipinski definition) is 1. The topological polar surface area (TPSA) is 63.6 Å². The summed E-state index contributed by atoms with van der Waals surface area (Å²) in [6.45, 7) is 12.5. The molecule has 0 saturated heterocycles. The molecule has 0 aromatic carbocycles. The first-order valence-electron chi connectivity index (χ1n) is 17.7. The lowest BCUT2D eigenvalue weighted by Crippen LogP contribution is -2.51. The molecule has 4 aliphatic rings. The second kappa shape index (κ2) is 14.4. The van der Waals surface area contributed by atoms with Crippen molar-refractivity contribution < 1.29 is 19.4 Å². The SMILES string of the molecule is CC(C)CCC[C@@H](C)[C@H]1CC[C@H]2[C@@H]3CC=C4C[C@@H](OC(=O)CCCCCCCCC(=O)O)CC[C@]4(C)[C@H]3CC[C@]12C. The second-order valence-electron chi connectivity index (χ2n) is 15.7. The van der Waals surface area contributed by atoms with Crippen LogP contribution in [0.2, 0.25) is 0 Å². The van der Waals surface area contributed by atoms with Crippen molar-refractivity contribution in [1.29, 1.82) is 0 Å². The predicted octanol–water partition coefficient (Wildman–Crippen LogP) is 10.1. The number of rotatable bonds is 15. The van der Waals surface area contributed by atoms with Gasteiger partial charge in [-0.1, -0.05) is 91.2 Å². The van der Waals surface area contributed by atoms with Crippen LogP contribution in [0.4, 0.5) is 0 Å². The molecule has 0 aromatic heterocycles. The van der Waals surface area contributed by atoms with Gasteiger partial charge in [-0.05, 0) is 104 Å². The largest absolute Gasteiger partial charge is 0.481 e. The molecule has 0 spiro atoms. The van der Waals surface area contributed by atoms with Crippen LogP contribution in [0.25, 0.3) is 0 Å². The third-order valence-electron chi connectivity index (χ3n) is 12.6. The Kier molecular flexibility index (Phi) is 11.5. The van der Waals surface area contributed by atoms with E-state index < -0.39 is 5.97 Å². The maximum Gasteiger partial charge on any atom is 0.306 e. The number of carbonyl (C=O) groups is 2. The van der Waals surface area contributed by atoms with E-state index in [1.807, 2.05) is 0 Å². The van der Waals surface area contributed by atoms with Crippen molar-refractivity contribution in [2.45, 2.75) is 163 Å². The molecule has 8 atom stereocenters. The number of fused-ring (bicyclic) bond motifs is 5. The molecule has 1 N–H and O–H groups in total.